The average Bonchev–Trinajstić information content (AvgIpc) is 2.88. The van der Waals surface area contributed by atoms with Crippen molar-refractivity contribution in [2.45, 2.75) is 19.9 Å². The number of benzene rings is 1. The number of likely N-dealkylation sites (tertiary alicyclic amines) is 1. The van der Waals surface area contributed by atoms with E-state index in [0.717, 1.165) is 25.1 Å². The van der Waals surface area contributed by atoms with Crippen molar-refractivity contribution in [1.29, 1.82) is 0 Å². The van der Waals surface area contributed by atoms with Crippen molar-refractivity contribution in [2.24, 2.45) is 5.92 Å². The van der Waals surface area contributed by atoms with Gasteiger partial charge in [0.05, 0.1) is 4.92 Å². The lowest BCUT2D eigenvalue weighted by atomic mass is 10.1. The molecular formula is C14H21N3O3. The first-order valence-corrected chi connectivity index (χ1v) is 6.98. The summed E-state index contributed by atoms with van der Waals surface area (Å²) in [4.78, 5) is 13.0. The monoisotopic (exact) mass is 279 g/mol. The highest BCUT2D eigenvalue weighted by Crippen LogP contribution is 2.27. The van der Waals surface area contributed by atoms with Crippen LogP contribution < -0.4 is 5.32 Å². The van der Waals surface area contributed by atoms with Crippen LogP contribution in [0.1, 0.15) is 18.9 Å². The number of aliphatic hydroxyl groups is 1. The second-order valence-electron chi connectivity index (χ2n) is 5.21. The number of anilines is 1. The van der Waals surface area contributed by atoms with Crippen LogP contribution in [0.4, 0.5) is 11.4 Å². The van der Waals surface area contributed by atoms with Gasteiger partial charge in [0, 0.05) is 32.3 Å². The number of nitro groups is 1. The molecule has 110 valence electrons. The first-order valence-electron chi connectivity index (χ1n) is 6.98. The molecule has 0 aromatic heterocycles. The smallest absolute Gasteiger partial charge is 0.292 e. The van der Waals surface area contributed by atoms with Crippen molar-refractivity contribution in [3.05, 3.63) is 33.9 Å². The third kappa shape index (κ3) is 3.46. The zero-order chi connectivity index (χ0) is 14.5. The summed E-state index contributed by atoms with van der Waals surface area (Å²) >= 11 is 0. The first-order chi connectivity index (χ1) is 9.63. The lowest BCUT2D eigenvalue weighted by molar-refractivity contribution is -0.384. The Hall–Kier alpha value is -1.66. The standard InChI is InChI=1S/C14H21N3O3/c1-2-15-13-4-3-11(7-14(13)17(19)20)8-16-6-5-12(9-16)10-18/h3-4,7,12,15,18H,2,5-6,8-10H2,1H3. The largest absolute Gasteiger partial charge is 0.396 e. The zero-order valence-electron chi connectivity index (χ0n) is 11.7. The fraction of sp³-hybridized carbons (Fsp3) is 0.571. The maximum absolute atomic E-state index is 11.1. The van der Waals surface area contributed by atoms with Gasteiger partial charge < -0.3 is 10.4 Å². The van der Waals surface area contributed by atoms with Crippen LogP contribution in [0.3, 0.4) is 0 Å². The summed E-state index contributed by atoms with van der Waals surface area (Å²) in [7, 11) is 0. The van der Waals surface area contributed by atoms with E-state index in [1.165, 1.54) is 0 Å². The third-order valence-corrected chi connectivity index (χ3v) is 3.66. The van der Waals surface area contributed by atoms with Crippen LogP contribution >= 0.6 is 0 Å². The molecule has 20 heavy (non-hydrogen) atoms. The van der Waals surface area contributed by atoms with Crippen molar-refractivity contribution in [1.82, 2.24) is 4.90 Å². The highest BCUT2D eigenvalue weighted by atomic mass is 16.6. The summed E-state index contributed by atoms with van der Waals surface area (Å²) in [6.45, 7) is 5.29. The van der Waals surface area contributed by atoms with Crippen LogP contribution in [0.5, 0.6) is 0 Å². The number of hydrogen-bond donors (Lipinski definition) is 2. The minimum absolute atomic E-state index is 0.127. The van der Waals surface area contributed by atoms with Gasteiger partial charge in [0.25, 0.3) is 5.69 Å². The molecule has 6 nitrogen and oxygen atoms in total. The summed E-state index contributed by atoms with van der Waals surface area (Å²) < 4.78 is 0. The van der Waals surface area contributed by atoms with Crippen molar-refractivity contribution >= 4 is 11.4 Å². The summed E-state index contributed by atoms with van der Waals surface area (Å²) in [6.07, 6.45) is 0.994. The van der Waals surface area contributed by atoms with E-state index in [1.54, 1.807) is 12.1 Å². The lowest BCUT2D eigenvalue weighted by Gasteiger charge is -2.16. The van der Waals surface area contributed by atoms with Crippen molar-refractivity contribution in [3.8, 4) is 0 Å². The minimum Gasteiger partial charge on any atom is -0.396 e. The Morgan fingerprint density at radius 2 is 2.35 bits per heavy atom. The van der Waals surface area contributed by atoms with Gasteiger partial charge in [-0.1, -0.05) is 6.07 Å². The van der Waals surface area contributed by atoms with Gasteiger partial charge in [0.2, 0.25) is 0 Å². The van der Waals surface area contributed by atoms with E-state index in [-0.39, 0.29) is 17.2 Å². The van der Waals surface area contributed by atoms with Crippen molar-refractivity contribution in [2.75, 3.05) is 31.6 Å². The molecule has 0 saturated carbocycles. The van der Waals surface area contributed by atoms with E-state index >= 15 is 0 Å². The van der Waals surface area contributed by atoms with E-state index in [0.29, 0.717) is 24.7 Å². The van der Waals surface area contributed by atoms with Gasteiger partial charge in [-0.25, -0.2) is 0 Å². The number of rotatable bonds is 6. The molecule has 0 radical (unpaired) electrons. The molecule has 2 N–H and O–H groups in total. The molecule has 1 aliphatic heterocycles. The highest BCUT2D eigenvalue weighted by molar-refractivity contribution is 5.62. The van der Waals surface area contributed by atoms with Gasteiger partial charge in [0.1, 0.15) is 5.69 Å². The SMILES string of the molecule is CCNc1ccc(CN2CCC(CO)C2)cc1[N+](=O)[O-]. The minimum atomic E-state index is -0.345. The summed E-state index contributed by atoms with van der Waals surface area (Å²) in [5.74, 6) is 0.339. The van der Waals surface area contributed by atoms with Crippen LogP contribution in [0.25, 0.3) is 0 Å². The summed E-state index contributed by atoms with van der Waals surface area (Å²) in [5, 5.41) is 23.2. The molecule has 1 unspecified atom stereocenters. The normalized spacial score (nSPS) is 19.2. The molecule has 1 atom stereocenters. The fourth-order valence-corrected chi connectivity index (χ4v) is 2.63. The maximum atomic E-state index is 11.1. The maximum Gasteiger partial charge on any atom is 0.292 e. The van der Waals surface area contributed by atoms with Crippen LogP contribution in [0.15, 0.2) is 18.2 Å². The number of nitro benzene ring substituents is 1. The second kappa shape index (κ2) is 6.67. The Morgan fingerprint density at radius 1 is 1.55 bits per heavy atom. The molecule has 1 aromatic carbocycles. The van der Waals surface area contributed by atoms with E-state index in [9.17, 15) is 10.1 Å². The van der Waals surface area contributed by atoms with Crippen molar-refractivity contribution in [3.63, 3.8) is 0 Å². The Bertz CT molecular complexity index is 479. The zero-order valence-corrected chi connectivity index (χ0v) is 11.7. The second-order valence-corrected chi connectivity index (χ2v) is 5.21. The number of nitrogens with one attached hydrogen (secondary N) is 1. The Labute approximate surface area is 118 Å². The number of nitrogens with zero attached hydrogens (tertiary/aromatic N) is 2. The first kappa shape index (κ1) is 14.7. The van der Waals surface area contributed by atoms with E-state index in [1.807, 2.05) is 13.0 Å². The Kier molecular flexibility index (Phi) is 4.92. The average molecular weight is 279 g/mol. The lowest BCUT2D eigenvalue weighted by Crippen LogP contribution is -2.21. The van der Waals surface area contributed by atoms with Crippen LogP contribution in [0.2, 0.25) is 0 Å². The van der Waals surface area contributed by atoms with Crippen LogP contribution in [-0.2, 0) is 6.54 Å². The predicted octanol–water partition coefficient (Wildman–Crippen LogP) is 1.84. The quantitative estimate of drug-likeness (QED) is 0.613. The molecule has 1 heterocycles. The molecule has 0 spiro atoms. The van der Waals surface area contributed by atoms with E-state index in [4.69, 9.17) is 5.11 Å². The summed E-state index contributed by atoms with van der Waals surface area (Å²) in [5.41, 5.74) is 1.63. The van der Waals surface area contributed by atoms with E-state index < -0.39 is 0 Å². The third-order valence-electron chi connectivity index (χ3n) is 3.66. The molecule has 2 rings (SSSR count). The van der Waals surface area contributed by atoms with Crippen molar-refractivity contribution < 1.29 is 10.0 Å². The molecule has 0 bridgehead atoms. The molecule has 1 fully saturated rings. The van der Waals surface area contributed by atoms with Crippen LogP contribution in [0, 0.1) is 16.0 Å². The van der Waals surface area contributed by atoms with Crippen LogP contribution in [-0.4, -0.2) is 41.2 Å². The van der Waals surface area contributed by atoms with Gasteiger partial charge in [-0.15, -0.1) is 0 Å². The molecule has 6 heteroatoms. The topological polar surface area (TPSA) is 78.6 Å². The fourth-order valence-electron chi connectivity index (χ4n) is 2.63. The molecule has 1 aliphatic rings. The predicted molar refractivity (Wildman–Crippen MR) is 77.7 cm³/mol. The molecule has 1 saturated heterocycles. The Balaban J connectivity index is 2.09. The molecule has 0 aliphatic carbocycles. The summed E-state index contributed by atoms with van der Waals surface area (Å²) in [6, 6.07) is 5.35. The molecule has 1 aromatic rings. The molecular weight excluding hydrogens is 258 g/mol. The van der Waals surface area contributed by atoms with Gasteiger partial charge in [-0.2, -0.15) is 0 Å². The number of aliphatic hydroxyl groups excluding tert-OH is 1. The van der Waals surface area contributed by atoms with Gasteiger partial charge in [-0.3, -0.25) is 15.0 Å². The van der Waals surface area contributed by atoms with E-state index in [2.05, 4.69) is 10.2 Å². The van der Waals surface area contributed by atoms with Gasteiger partial charge in [0.15, 0.2) is 0 Å². The molecule has 0 amide bonds. The van der Waals surface area contributed by atoms with Gasteiger partial charge >= 0.3 is 0 Å². The highest BCUT2D eigenvalue weighted by Gasteiger charge is 2.22. The number of hydrogen-bond acceptors (Lipinski definition) is 5. The Morgan fingerprint density at radius 3 is 2.95 bits per heavy atom. The van der Waals surface area contributed by atoms with Gasteiger partial charge in [-0.05, 0) is 37.4 Å².